The van der Waals surface area contributed by atoms with Gasteiger partial charge in [0.25, 0.3) is 10.0 Å². The first-order valence-corrected chi connectivity index (χ1v) is 7.94. The van der Waals surface area contributed by atoms with E-state index in [4.69, 9.17) is 0 Å². The summed E-state index contributed by atoms with van der Waals surface area (Å²) in [7, 11) is -2.10. The van der Waals surface area contributed by atoms with Gasteiger partial charge >= 0.3 is 0 Å². The lowest BCUT2D eigenvalue weighted by Crippen LogP contribution is -2.18. The van der Waals surface area contributed by atoms with Crippen molar-refractivity contribution in [3.05, 3.63) is 59.4 Å². The Labute approximate surface area is 124 Å². The zero-order valence-corrected chi connectivity index (χ0v) is 12.7. The monoisotopic (exact) mass is 308 g/mol. The molecular formula is C15H17FN2O2S. The van der Waals surface area contributed by atoms with Gasteiger partial charge in [0, 0.05) is 6.54 Å². The normalized spacial score (nSPS) is 11.4. The van der Waals surface area contributed by atoms with Gasteiger partial charge in [-0.2, -0.15) is 0 Å². The van der Waals surface area contributed by atoms with Crippen molar-refractivity contribution in [3.8, 4) is 0 Å². The Hall–Kier alpha value is -1.92. The lowest BCUT2D eigenvalue weighted by molar-refractivity contribution is 0.596. The van der Waals surface area contributed by atoms with Crippen molar-refractivity contribution in [3.63, 3.8) is 0 Å². The third kappa shape index (κ3) is 3.59. The molecule has 0 aliphatic carbocycles. The van der Waals surface area contributed by atoms with Crippen LogP contribution in [0, 0.1) is 12.7 Å². The van der Waals surface area contributed by atoms with Crippen LogP contribution in [0.15, 0.2) is 47.4 Å². The molecule has 2 aromatic carbocycles. The maximum atomic E-state index is 13.8. The fourth-order valence-electron chi connectivity index (χ4n) is 2.01. The number of halogens is 1. The van der Waals surface area contributed by atoms with E-state index in [1.807, 2.05) is 0 Å². The lowest BCUT2D eigenvalue weighted by Gasteiger charge is -2.13. The number of aryl methyl sites for hydroxylation is 1. The lowest BCUT2D eigenvalue weighted by atomic mass is 10.2. The second-order valence-corrected chi connectivity index (χ2v) is 6.38. The summed E-state index contributed by atoms with van der Waals surface area (Å²) in [6.07, 6.45) is 0. The van der Waals surface area contributed by atoms with Crippen LogP contribution in [-0.4, -0.2) is 15.5 Å². The van der Waals surface area contributed by atoms with E-state index in [0.29, 0.717) is 12.1 Å². The van der Waals surface area contributed by atoms with Gasteiger partial charge in [-0.15, -0.1) is 0 Å². The van der Waals surface area contributed by atoms with Crippen LogP contribution in [0.5, 0.6) is 0 Å². The van der Waals surface area contributed by atoms with Crippen molar-refractivity contribution in [2.45, 2.75) is 18.4 Å². The Morgan fingerprint density at radius 1 is 1.14 bits per heavy atom. The SMILES string of the molecule is CNCc1ccccc1S(=O)(=O)Nc1ccc(C)cc1F. The van der Waals surface area contributed by atoms with Crippen molar-refractivity contribution < 1.29 is 12.8 Å². The number of anilines is 1. The van der Waals surface area contributed by atoms with Crippen LogP contribution in [0.1, 0.15) is 11.1 Å². The maximum Gasteiger partial charge on any atom is 0.262 e. The topological polar surface area (TPSA) is 58.2 Å². The highest BCUT2D eigenvalue weighted by atomic mass is 32.2. The Balaban J connectivity index is 2.39. The zero-order chi connectivity index (χ0) is 15.5. The molecule has 0 saturated heterocycles. The summed E-state index contributed by atoms with van der Waals surface area (Å²) in [6.45, 7) is 2.15. The number of hydrogen-bond acceptors (Lipinski definition) is 3. The van der Waals surface area contributed by atoms with Crippen LogP contribution >= 0.6 is 0 Å². The molecule has 0 saturated carbocycles. The first-order chi connectivity index (χ1) is 9.94. The second-order valence-electron chi connectivity index (χ2n) is 4.73. The van der Waals surface area contributed by atoms with Crippen molar-refractivity contribution in [2.75, 3.05) is 11.8 Å². The minimum atomic E-state index is -3.83. The molecule has 0 atom stereocenters. The summed E-state index contributed by atoms with van der Waals surface area (Å²) >= 11 is 0. The largest absolute Gasteiger partial charge is 0.316 e. The second kappa shape index (κ2) is 6.24. The molecule has 0 heterocycles. The molecule has 0 amide bonds. The molecule has 0 fully saturated rings. The predicted molar refractivity (Wildman–Crippen MR) is 81.2 cm³/mol. The van der Waals surface area contributed by atoms with Gasteiger partial charge in [-0.25, -0.2) is 12.8 Å². The van der Waals surface area contributed by atoms with E-state index in [1.54, 1.807) is 38.2 Å². The van der Waals surface area contributed by atoms with Gasteiger partial charge in [0.1, 0.15) is 5.82 Å². The van der Waals surface area contributed by atoms with Crippen LogP contribution in [-0.2, 0) is 16.6 Å². The average Bonchev–Trinajstić information content (AvgIpc) is 2.43. The molecule has 0 radical (unpaired) electrons. The van der Waals surface area contributed by atoms with Crippen LogP contribution in [0.3, 0.4) is 0 Å². The summed E-state index contributed by atoms with van der Waals surface area (Å²) in [6, 6.07) is 11.0. The van der Waals surface area contributed by atoms with Gasteiger partial charge < -0.3 is 5.32 Å². The molecular weight excluding hydrogens is 291 g/mol. The first-order valence-electron chi connectivity index (χ1n) is 6.45. The molecule has 0 aliphatic rings. The van der Waals surface area contributed by atoms with Gasteiger partial charge in [-0.1, -0.05) is 24.3 Å². The third-order valence-electron chi connectivity index (χ3n) is 3.00. The van der Waals surface area contributed by atoms with Gasteiger partial charge in [0.15, 0.2) is 0 Å². The highest BCUT2D eigenvalue weighted by Crippen LogP contribution is 2.22. The quantitative estimate of drug-likeness (QED) is 0.893. The van der Waals surface area contributed by atoms with Crippen LogP contribution in [0.25, 0.3) is 0 Å². The minimum Gasteiger partial charge on any atom is -0.316 e. The van der Waals surface area contributed by atoms with Gasteiger partial charge in [-0.05, 0) is 43.3 Å². The van der Waals surface area contributed by atoms with Crippen LogP contribution < -0.4 is 10.0 Å². The molecule has 2 rings (SSSR count). The Morgan fingerprint density at radius 2 is 1.86 bits per heavy atom. The van der Waals surface area contributed by atoms with E-state index >= 15 is 0 Å². The van der Waals surface area contributed by atoms with E-state index in [1.165, 1.54) is 18.2 Å². The summed E-state index contributed by atoms with van der Waals surface area (Å²) in [4.78, 5) is 0.138. The predicted octanol–water partition coefficient (Wildman–Crippen LogP) is 2.65. The summed E-state index contributed by atoms with van der Waals surface area (Å²) in [5.41, 5.74) is 1.30. The molecule has 4 nitrogen and oxygen atoms in total. The van der Waals surface area contributed by atoms with E-state index in [9.17, 15) is 12.8 Å². The number of hydrogen-bond donors (Lipinski definition) is 2. The molecule has 2 N–H and O–H groups in total. The van der Waals surface area contributed by atoms with Crippen LogP contribution in [0.2, 0.25) is 0 Å². The van der Waals surface area contributed by atoms with Crippen molar-refractivity contribution in [2.24, 2.45) is 0 Å². The number of benzene rings is 2. The standard InChI is InChI=1S/C15H17FN2O2S/c1-11-7-8-14(13(16)9-11)18-21(19,20)15-6-4-3-5-12(15)10-17-2/h3-9,17-18H,10H2,1-2H3. The Bertz CT molecular complexity index is 745. The molecule has 6 heteroatoms. The Kier molecular flexibility index (Phi) is 4.59. The van der Waals surface area contributed by atoms with Crippen LogP contribution in [0.4, 0.5) is 10.1 Å². The summed E-state index contributed by atoms with van der Waals surface area (Å²) in [5, 5.41) is 2.91. The average molecular weight is 308 g/mol. The molecule has 112 valence electrons. The third-order valence-corrected chi connectivity index (χ3v) is 4.46. The zero-order valence-electron chi connectivity index (χ0n) is 11.9. The van der Waals surface area contributed by atoms with Gasteiger partial charge in [0.2, 0.25) is 0 Å². The molecule has 0 aromatic heterocycles. The molecule has 0 unspecified atom stereocenters. The number of nitrogens with one attached hydrogen (secondary N) is 2. The van der Waals surface area contributed by atoms with E-state index in [-0.39, 0.29) is 10.6 Å². The highest BCUT2D eigenvalue weighted by molar-refractivity contribution is 7.92. The number of rotatable bonds is 5. The molecule has 0 aliphatic heterocycles. The van der Waals surface area contributed by atoms with Gasteiger partial charge in [-0.3, -0.25) is 4.72 Å². The Morgan fingerprint density at radius 3 is 2.52 bits per heavy atom. The summed E-state index contributed by atoms with van der Waals surface area (Å²) in [5.74, 6) is -0.593. The molecule has 21 heavy (non-hydrogen) atoms. The fourth-order valence-corrected chi connectivity index (χ4v) is 3.31. The highest BCUT2D eigenvalue weighted by Gasteiger charge is 2.19. The molecule has 0 bridgehead atoms. The van der Waals surface area contributed by atoms with Crippen molar-refractivity contribution >= 4 is 15.7 Å². The van der Waals surface area contributed by atoms with E-state index in [0.717, 1.165) is 5.56 Å². The minimum absolute atomic E-state index is 0.0557. The summed E-state index contributed by atoms with van der Waals surface area (Å²) < 4.78 is 41.0. The molecule has 0 spiro atoms. The molecule has 2 aromatic rings. The maximum absolute atomic E-state index is 13.8. The van der Waals surface area contributed by atoms with E-state index < -0.39 is 15.8 Å². The van der Waals surface area contributed by atoms with E-state index in [2.05, 4.69) is 10.0 Å². The number of sulfonamides is 1. The van der Waals surface area contributed by atoms with Crippen molar-refractivity contribution in [1.29, 1.82) is 0 Å². The smallest absolute Gasteiger partial charge is 0.262 e. The first kappa shape index (κ1) is 15.5. The fraction of sp³-hybridized carbons (Fsp3) is 0.200. The van der Waals surface area contributed by atoms with Crippen molar-refractivity contribution in [1.82, 2.24) is 5.32 Å². The van der Waals surface area contributed by atoms with Gasteiger partial charge in [0.05, 0.1) is 10.6 Å².